The van der Waals surface area contributed by atoms with Gasteiger partial charge in [0.05, 0.1) is 0 Å². The third-order valence-electron chi connectivity index (χ3n) is 22.6. The van der Waals surface area contributed by atoms with Crippen LogP contribution in [0.3, 0.4) is 0 Å². The summed E-state index contributed by atoms with van der Waals surface area (Å²) in [6.45, 7) is 24.1. The molecular formula is C84H114N2S2Sn2. The summed E-state index contributed by atoms with van der Waals surface area (Å²) < 4.78 is 13.1. The molecule has 0 unspecified atom stereocenters. The van der Waals surface area contributed by atoms with Crippen LogP contribution in [0, 0.1) is 0 Å². The Morgan fingerprint density at radius 1 is 0.311 bits per heavy atom. The van der Waals surface area contributed by atoms with Gasteiger partial charge in [0.1, 0.15) is 0 Å². The van der Waals surface area contributed by atoms with Gasteiger partial charge in [-0.3, -0.25) is 0 Å². The first-order valence-electron chi connectivity index (χ1n) is 37.1. The molecule has 10 rings (SSSR count). The molecule has 2 nitrogen and oxygen atoms in total. The van der Waals surface area contributed by atoms with Crippen LogP contribution in [0.5, 0.6) is 0 Å². The molecule has 6 heteroatoms. The molecule has 0 amide bonds. The molecule has 0 N–H and O–H groups in total. The first-order valence-corrected chi connectivity index (χ1v) is 53.7. The molecule has 3 aromatic heterocycles. The molecule has 0 saturated carbocycles. The van der Waals surface area contributed by atoms with Crippen LogP contribution in [0.15, 0.2) is 121 Å². The number of rotatable bonds is 38. The number of thiophene rings is 2. The minimum absolute atomic E-state index is 0.0172. The van der Waals surface area contributed by atoms with Crippen molar-refractivity contribution in [1.29, 1.82) is 0 Å². The Morgan fingerprint density at radius 2 is 0.644 bits per heavy atom. The van der Waals surface area contributed by atoms with Crippen LogP contribution >= 0.6 is 22.7 Å². The molecule has 0 aliphatic heterocycles. The summed E-state index contributed by atoms with van der Waals surface area (Å²) in [5, 5.41) is 0. The van der Waals surface area contributed by atoms with E-state index in [2.05, 4.69) is 213 Å². The van der Waals surface area contributed by atoms with E-state index in [-0.39, 0.29) is 10.8 Å². The van der Waals surface area contributed by atoms with Crippen LogP contribution in [0.25, 0.3) is 55.5 Å². The molecule has 0 fully saturated rings. The third-order valence-corrected chi connectivity index (χ3v) is 61.5. The van der Waals surface area contributed by atoms with Crippen molar-refractivity contribution in [3.63, 3.8) is 0 Å². The second-order valence-corrected chi connectivity index (χ2v) is 58.7. The average molecular weight is 1450 g/mol. The van der Waals surface area contributed by atoms with E-state index < -0.39 is 36.8 Å². The molecule has 0 spiro atoms. The minimum atomic E-state index is -2.44. The molecule has 0 atom stereocenters. The molecule has 480 valence electrons. The second kappa shape index (κ2) is 32.7. The molecular weight excluding hydrogens is 1340 g/mol. The zero-order chi connectivity index (χ0) is 63.1. The zero-order valence-corrected chi connectivity index (χ0v) is 65.2. The van der Waals surface area contributed by atoms with Crippen molar-refractivity contribution in [2.24, 2.45) is 0 Å². The topological polar surface area (TPSA) is 25.8 Å². The Bertz CT molecular complexity index is 3310. The monoisotopic (exact) mass is 1450 g/mol. The van der Waals surface area contributed by atoms with Gasteiger partial charge in [-0.2, -0.15) is 0 Å². The summed E-state index contributed by atoms with van der Waals surface area (Å²) in [4.78, 5) is 15.0. The Balaban J connectivity index is 0.985. The van der Waals surface area contributed by atoms with Gasteiger partial charge < -0.3 is 0 Å². The number of unbranched alkanes of at least 4 members (excludes halogenated alkanes) is 10. The summed E-state index contributed by atoms with van der Waals surface area (Å²) >= 11 is -0.371. The van der Waals surface area contributed by atoms with Gasteiger partial charge in [-0.1, -0.05) is 100 Å². The fourth-order valence-corrected chi connectivity index (χ4v) is 57.8. The number of fused-ring (bicyclic) bond motifs is 7. The quantitative estimate of drug-likeness (QED) is 0.0285. The molecule has 8 aromatic rings. The Labute approximate surface area is 563 Å². The normalized spacial score (nSPS) is 13.9. The molecule has 5 aromatic carbocycles. The predicted octanol–water partition coefficient (Wildman–Crippen LogP) is 25.3. The van der Waals surface area contributed by atoms with Crippen LogP contribution in [-0.2, 0) is 36.5 Å². The van der Waals surface area contributed by atoms with Crippen molar-refractivity contribution in [1.82, 2.24) is 9.97 Å². The zero-order valence-electron chi connectivity index (χ0n) is 57.9. The van der Waals surface area contributed by atoms with Gasteiger partial charge >= 0.3 is 353 Å². The first kappa shape index (κ1) is 69.3. The number of nitrogens with zero attached hydrogens (tertiary/aromatic N) is 2. The van der Waals surface area contributed by atoms with E-state index >= 15 is 0 Å². The summed E-state index contributed by atoms with van der Waals surface area (Å²) in [6, 6.07) is 48.8. The average Bonchev–Trinajstić information content (AvgIpc) is 1.55. The van der Waals surface area contributed by atoms with E-state index in [9.17, 15) is 0 Å². The van der Waals surface area contributed by atoms with E-state index in [1.165, 1.54) is 194 Å². The second-order valence-electron chi connectivity index (χ2n) is 28.0. The van der Waals surface area contributed by atoms with E-state index in [0.29, 0.717) is 0 Å². The maximum atomic E-state index is 5.85. The Morgan fingerprint density at radius 3 is 0.989 bits per heavy atom. The summed E-state index contributed by atoms with van der Waals surface area (Å²) in [7, 11) is 0. The maximum absolute atomic E-state index is 5.85. The van der Waals surface area contributed by atoms with Gasteiger partial charge in [-0.15, -0.1) is 0 Å². The molecule has 2 aliphatic carbocycles. The van der Waals surface area contributed by atoms with E-state index in [0.717, 1.165) is 62.4 Å². The number of hydrogen-bond donors (Lipinski definition) is 0. The fourth-order valence-electron chi connectivity index (χ4n) is 17.0. The van der Waals surface area contributed by atoms with Crippen molar-refractivity contribution in [3.05, 3.63) is 165 Å². The molecule has 2 aliphatic rings. The number of hydrogen-bond acceptors (Lipinski definition) is 4. The Kier molecular flexibility index (Phi) is 25.2. The van der Waals surface area contributed by atoms with Crippen LogP contribution in [0.4, 0.5) is 0 Å². The van der Waals surface area contributed by atoms with Crippen LogP contribution in [0.1, 0.15) is 254 Å². The molecule has 0 bridgehead atoms. The van der Waals surface area contributed by atoms with E-state index in [1.54, 1.807) is 36.4 Å². The van der Waals surface area contributed by atoms with Crippen LogP contribution in [-0.4, -0.2) is 46.7 Å². The van der Waals surface area contributed by atoms with Gasteiger partial charge in [-0.25, -0.2) is 0 Å². The number of aryl methyl sites for hydroxylation is 4. The summed E-state index contributed by atoms with van der Waals surface area (Å²) in [6.07, 6.45) is 32.6. The van der Waals surface area contributed by atoms with Crippen LogP contribution in [0.2, 0.25) is 26.6 Å². The summed E-state index contributed by atoms with van der Waals surface area (Å²) in [5.41, 5.74) is 21.2. The van der Waals surface area contributed by atoms with E-state index in [1.807, 2.05) is 5.79 Å². The fraction of sp³-hybridized carbons (Fsp3) is 0.524. The van der Waals surface area contributed by atoms with Gasteiger partial charge in [0.15, 0.2) is 0 Å². The van der Waals surface area contributed by atoms with Crippen molar-refractivity contribution >= 4 is 76.2 Å². The van der Waals surface area contributed by atoms with Crippen molar-refractivity contribution in [2.75, 3.05) is 0 Å². The number of aromatic nitrogens is 2. The third kappa shape index (κ3) is 14.6. The molecule has 90 heavy (non-hydrogen) atoms. The molecule has 0 saturated heterocycles. The van der Waals surface area contributed by atoms with Gasteiger partial charge in [0, 0.05) is 10.8 Å². The standard InChI is InChI=1S/C60H60N2S2.6C4H9.2Sn/c1-5-59(6-2)51-27-17-15-25-45(51)47-33-31-41(37-53(47)59)49-39-57-58(40-50(49)42-32-34-48-46-26-16-18-28-52(46)60(7-3,8-4)54(48)38-42)62-56(30-14-10-12-22-44-24-20-36-64-44)55(61-57)29-13-9-11-21-43-23-19-35-63-43;6*1-3-4-2;;/h15-20,23-28,31-34,37-40H,5-14,21-22,29-30H2,1-4H3;6*1,3-4H2,2H3;;. The first-order chi connectivity index (χ1) is 44.1. The molecule has 3 heterocycles. The predicted molar refractivity (Wildman–Crippen MR) is 404 cm³/mol. The van der Waals surface area contributed by atoms with E-state index in [4.69, 9.17) is 9.97 Å². The van der Waals surface area contributed by atoms with Gasteiger partial charge in [0.2, 0.25) is 0 Å². The van der Waals surface area contributed by atoms with Gasteiger partial charge in [0.25, 0.3) is 0 Å². The van der Waals surface area contributed by atoms with Crippen LogP contribution < -0.4 is 5.79 Å². The van der Waals surface area contributed by atoms with Crippen molar-refractivity contribution < 1.29 is 0 Å². The molecule has 0 radical (unpaired) electrons. The van der Waals surface area contributed by atoms with Gasteiger partial charge in [-0.05, 0) is 105 Å². The van der Waals surface area contributed by atoms with Crippen molar-refractivity contribution in [2.45, 2.75) is 274 Å². The SMILES string of the molecule is CCC[CH2][Sn]([CH2]CCC)([CH2]CCC)[c]1ccc(CCCCCc2nc3cc(-c4ccc5c(c4)C(CC)(CC)c4ccccc4-5)c(-c4ccc5c(c4)C(CC)(CC)c4ccccc4-5)cc3nc2CCCCCc2cc[c]([Sn]([CH2]CCC)([CH2]CCC)[CH2]CCC)s2)s1. The Hall–Kier alpha value is -3.56. The summed E-state index contributed by atoms with van der Waals surface area (Å²) in [5.74, 6) is 0. The number of benzene rings is 5. The van der Waals surface area contributed by atoms with Crippen molar-refractivity contribution in [3.8, 4) is 44.5 Å².